The van der Waals surface area contributed by atoms with Gasteiger partial charge in [-0.2, -0.15) is 0 Å². The van der Waals surface area contributed by atoms with E-state index in [2.05, 4.69) is 5.38 Å². The van der Waals surface area contributed by atoms with E-state index in [-0.39, 0.29) is 11.8 Å². The molecule has 2 rings (SSSR count). The van der Waals surface area contributed by atoms with Crippen LogP contribution in [0.3, 0.4) is 0 Å². The van der Waals surface area contributed by atoms with Crippen LogP contribution in [0.15, 0.2) is 5.38 Å². The van der Waals surface area contributed by atoms with Gasteiger partial charge in [0.1, 0.15) is 0 Å². The van der Waals surface area contributed by atoms with Crippen LogP contribution in [0, 0.1) is 5.92 Å². The third-order valence-corrected chi connectivity index (χ3v) is 4.47. The van der Waals surface area contributed by atoms with Gasteiger partial charge in [-0.05, 0) is 48.1 Å². The Labute approximate surface area is 100 Å². The Morgan fingerprint density at radius 3 is 2.69 bits per heavy atom. The highest BCUT2D eigenvalue weighted by Crippen LogP contribution is 2.37. The molecule has 88 valence electrons. The van der Waals surface area contributed by atoms with Crippen molar-refractivity contribution in [1.29, 1.82) is 0 Å². The van der Waals surface area contributed by atoms with Gasteiger partial charge in [0.05, 0.1) is 5.92 Å². The quantitative estimate of drug-likeness (QED) is 0.875. The largest absolute Gasteiger partial charge is 0.481 e. The smallest absolute Gasteiger partial charge is 0.311 e. The van der Waals surface area contributed by atoms with Crippen LogP contribution < -0.4 is 0 Å². The Morgan fingerprint density at radius 1 is 1.38 bits per heavy atom. The van der Waals surface area contributed by atoms with Gasteiger partial charge in [0.25, 0.3) is 0 Å². The van der Waals surface area contributed by atoms with Gasteiger partial charge in [0.2, 0.25) is 0 Å². The Hall–Kier alpha value is -0.830. The van der Waals surface area contributed by atoms with Gasteiger partial charge in [-0.1, -0.05) is 13.8 Å². The van der Waals surface area contributed by atoms with Gasteiger partial charge in [0, 0.05) is 4.88 Å². The molecule has 0 fully saturated rings. The van der Waals surface area contributed by atoms with E-state index in [1.807, 2.05) is 13.8 Å². The fourth-order valence-corrected chi connectivity index (χ4v) is 3.74. The first-order chi connectivity index (χ1) is 7.61. The van der Waals surface area contributed by atoms with Crippen molar-refractivity contribution in [2.75, 3.05) is 0 Å². The number of carbonyl (C=O) groups is 1. The zero-order valence-electron chi connectivity index (χ0n) is 9.82. The third-order valence-electron chi connectivity index (χ3n) is 3.36. The summed E-state index contributed by atoms with van der Waals surface area (Å²) in [6, 6.07) is 0. The van der Waals surface area contributed by atoms with Gasteiger partial charge in [-0.3, -0.25) is 4.79 Å². The molecule has 1 atom stereocenters. The molecule has 1 aromatic heterocycles. The molecular formula is C13H18O2S. The van der Waals surface area contributed by atoms with E-state index in [0.29, 0.717) is 0 Å². The molecule has 1 aromatic rings. The van der Waals surface area contributed by atoms with E-state index < -0.39 is 5.97 Å². The summed E-state index contributed by atoms with van der Waals surface area (Å²) < 4.78 is 0. The predicted octanol–water partition coefficient (Wildman–Crippen LogP) is 3.45. The zero-order chi connectivity index (χ0) is 11.7. The van der Waals surface area contributed by atoms with Crippen LogP contribution >= 0.6 is 11.3 Å². The number of aryl methyl sites for hydroxylation is 1. The van der Waals surface area contributed by atoms with Crippen molar-refractivity contribution in [2.45, 2.75) is 45.4 Å². The van der Waals surface area contributed by atoms with Gasteiger partial charge in [-0.25, -0.2) is 0 Å². The van der Waals surface area contributed by atoms with Crippen molar-refractivity contribution in [2.24, 2.45) is 5.92 Å². The monoisotopic (exact) mass is 238 g/mol. The van der Waals surface area contributed by atoms with E-state index in [9.17, 15) is 9.90 Å². The maximum Gasteiger partial charge on any atom is 0.311 e. The topological polar surface area (TPSA) is 37.3 Å². The fraction of sp³-hybridized carbons (Fsp3) is 0.615. The van der Waals surface area contributed by atoms with E-state index in [4.69, 9.17) is 0 Å². The second-order valence-electron chi connectivity index (χ2n) is 4.86. The summed E-state index contributed by atoms with van der Waals surface area (Å²) in [5.41, 5.74) is 2.43. The van der Waals surface area contributed by atoms with Crippen molar-refractivity contribution in [3.8, 4) is 0 Å². The van der Waals surface area contributed by atoms with Gasteiger partial charge < -0.3 is 5.11 Å². The number of rotatable bonds is 3. The first-order valence-corrected chi connectivity index (χ1v) is 6.81. The lowest BCUT2D eigenvalue weighted by molar-refractivity contribution is -0.139. The fourth-order valence-electron chi connectivity index (χ4n) is 2.56. The molecule has 0 aromatic carbocycles. The normalized spacial score (nSPS) is 17.2. The van der Waals surface area contributed by atoms with Crippen LogP contribution in [0.1, 0.15) is 48.6 Å². The molecule has 1 aliphatic carbocycles. The summed E-state index contributed by atoms with van der Waals surface area (Å²) in [5, 5.41) is 11.4. The molecule has 1 heterocycles. The van der Waals surface area contributed by atoms with Crippen molar-refractivity contribution in [1.82, 2.24) is 0 Å². The van der Waals surface area contributed by atoms with Crippen LogP contribution in [0.5, 0.6) is 0 Å². The lowest BCUT2D eigenvalue weighted by Gasteiger charge is -2.19. The number of thiophene rings is 1. The number of aliphatic carboxylic acids is 1. The highest BCUT2D eigenvalue weighted by Gasteiger charge is 2.28. The summed E-state index contributed by atoms with van der Waals surface area (Å²) in [6.07, 6.45) is 4.68. The lowest BCUT2D eigenvalue weighted by atomic mass is 9.84. The molecule has 1 aliphatic rings. The predicted molar refractivity (Wildman–Crippen MR) is 66.2 cm³/mol. The number of fused-ring (bicyclic) bond motifs is 1. The Balaban J connectivity index is 2.38. The molecule has 0 radical (unpaired) electrons. The minimum atomic E-state index is -0.679. The summed E-state index contributed by atoms with van der Waals surface area (Å²) in [6.45, 7) is 3.98. The van der Waals surface area contributed by atoms with Crippen LogP contribution in [-0.4, -0.2) is 11.1 Å². The SMILES string of the molecule is CC(C)C(C(=O)O)c1csc2c1CCCC2. The van der Waals surface area contributed by atoms with E-state index in [0.717, 1.165) is 18.4 Å². The van der Waals surface area contributed by atoms with E-state index >= 15 is 0 Å². The number of carboxylic acid groups (broad SMARTS) is 1. The van der Waals surface area contributed by atoms with E-state index in [1.54, 1.807) is 11.3 Å². The third kappa shape index (κ3) is 2.01. The Bertz CT molecular complexity index is 393. The van der Waals surface area contributed by atoms with Gasteiger partial charge >= 0.3 is 5.97 Å². The zero-order valence-corrected chi connectivity index (χ0v) is 10.6. The van der Waals surface area contributed by atoms with Crippen molar-refractivity contribution in [3.05, 3.63) is 21.4 Å². The lowest BCUT2D eigenvalue weighted by Crippen LogP contribution is -2.19. The molecule has 0 amide bonds. The second-order valence-corrected chi connectivity index (χ2v) is 5.82. The molecule has 0 saturated heterocycles. The maximum atomic E-state index is 11.3. The van der Waals surface area contributed by atoms with E-state index in [1.165, 1.54) is 23.3 Å². The number of carboxylic acids is 1. The minimum Gasteiger partial charge on any atom is -0.481 e. The molecule has 0 saturated carbocycles. The minimum absolute atomic E-state index is 0.165. The summed E-state index contributed by atoms with van der Waals surface area (Å²) in [4.78, 5) is 12.8. The molecule has 0 aliphatic heterocycles. The molecule has 16 heavy (non-hydrogen) atoms. The molecule has 2 nitrogen and oxygen atoms in total. The molecule has 1 unspecified atom stereocenters. The first kappa shape index (κ1) is 11.6. The van der Waals surface area contributed by atoms with Crippen LogP contribution in [-0.2, 0) is 17.6 Å². The van der Waals surface area contributed by atoms with Crippen molar-refractivity contribution < 1.29 is 9.90 Å². The molecule has 1 N–H and O–H groups in total. The number of hydrogen-bond acceptors (Lipinski definition) is 2. The highest BCUT2D eigenvalue weighted by atomic mass is 32.1. The molecular weight excluding hydrogens is 220 g/mol. The van der Waals surface area contributed by atoms with Gasteiger partial charge in [0.15, 0.2) is 0 Å². The number of hydrogen-bond donors (Lipinski definition) is 1. The summed E-state index contributed by atoms with van der Waals surface area (Å²) in [5.74, 6) is -0.836. The molecule has 3 heteroatoms. The van der Waals surface area contributed by atoms with Crippen molar-refractivity contribution >= 4 is 17.3 Å². The summed E-state index contributed by atoms with van der Waals surface area (Å²) in [7, 11) is 0. The van der Waals surface area contributed by atoms with Crippen LogP contribution in [0.25, 0.3) is 0 Å². The maximum absolute atomic E-state index is 11.3. The van der Waals surface area contributed by atoms with Crippen LogP contribution in [0.4, 0.5) is 0 Å². The van der Waals surface area contributed by atoms with Gasteiger partial charge in [-0.15, -0.1) is 11.3 Å². The second kappa shape index (κ2) is 4.58. The molecule has 0 spiro atoms. The first-order valence-electron chi connectivity index (χ1n) is 5.93. The summed E-state index contributed by atoms with van der Waals surface area (Å²) >= 11 is 1.75. The molecule has 0 bridgehead atoms. The van der Waals surface area contributed by atoms with Crippen LogP contribution in [0.2, 0.25) is 0 Å². The average molecular weight is 238 g/mol. The Morgan fingerprint density at radius 2 is 2.06 bits per heavy atom. The standard InChI is InChI=1S/C13H18O2S/c1-8(2)12(13(14)15)10-7-16-11-6-4-3-5-9(10)11/h7-8,12H,3-6H2,1-2H3,(H,14,15). The average Bonchev–Trinajstić information content (AvgIpc) is 2.61. The Kier molecular flexibility index (Phi) is 3.33. The van der Waals surface area contributed by atoms with Crippen molar-refractivity contribution in [3.63, 3.8) is 0 Å². The highest BCUT2D eigenvalue weighted by molar-refractivity contribution is 7.10.